The predicted octanol–water partition coefficient (Wildman–Crippen LogP) is 0.0987. The van der Waals surface area contributed by atoms with Gasteiger partial charge in [-0.25, -0.2) is 4.79 Å². The molecule has 104 valence electrons. The van der Waals surface area contributed by atoms with Gasteiger partial charge in [0.1, 0.15) is 13.1 Å². The summed E-state index contributed by atoms with van der Waals surface area (Å²) >= 11 is 0. The Morgan fingerprint density at radius 3 is 2.06 bits per heavy atom. The number of carbonyl (C=O) groups is 3. The number of nitrogens with two attached hydrogens (primary N) is 1. The van der Waals surface area contributed by atoms with E-state index in [2.05, 4.69) is 0 Å². The normalized spacial score (nSPS) is 10.9. The van der Waals surface area contributed by atoms with Crippen molar-refractivity contribution in [2.75, 3.05) is 20.1 Å². The lowest BCUT2D eigenvalue weighted by Gasteiger charge is -2.37. The topological polar surface area (TPSA) is 104 Å². The number of hydrogen-bond donors (Lipinski definition) is 2. The molecule has 0 aromatic carbocycles. The lowest BCUT2D eigenvalue weighted by Crippen LogP contribution is -2.53. The molecule has 0 heterocycles. The molecule has 0 unspecified atom stereocenters. The van der Waals surface area contributed by atoms with Crippen LogP contribution < -0.4 is 5.73 Å². The molecule has 7 nitrogen and oxygen atoms in total. The number of nitrogens with zero attached hydrogens (tertiary/aromatic N) is 2. The molecular weight excluding hydrogens is 238 g/mol. The largest absolute Gasteiger partial charge is 0.480 e. The molecule has 3 N–H and O–H groups in total. The van der Waals surface area contributed by atoms with Gasteiger partial charge in [0.15, 0.2) is 0 Å². The summed E-state index contributed by atoms with van der Waals surface area (Å²) in [4.78, 5) is 36.0. The quantitative estimate of drug-likeness (QED) is 0.705. The van der Waals surface area contributed by atoms with E-state index in [1.807, 2.05) is 20.8 Å². The molecule has 0 aromatic rings. The number of amides is 3. The Morgan fingerprint density at radius 1 is 1.22 bits per heavy atom. The summed E-state index contributed by atoms with van der Waals surface area (Å²) in [5.41, 5.74) is 4.58. The highest BCUT2D eigenvalue weighted by Crippen LogP contribution is 2.18. The summed E-state index contributed by atoms with van der Waals surface area (Å²) in [6, 6.07) is -0.525. The Morgan fingerprint density at radius 2 is 1.72 bits per heavy atom. The number of carbonyl (C=O) groups excluding carboxylic acids is 2. The number of urea groups is 1. The maximum Gasteiger partial charge on any atom is 0.323 e. The van der Waals surface area contributed by atoms with Gasteiger partial charge in [-0.05, 0) is 20.3 Å². The zero-order valence-electron chi connectivity index (χ0n) is 11.3. The van der Waals surface area contributed by atoms with Crippen LogP contribution in [0.15, 0.2) is 0 Å². The van der Waals surface area contributed by atoms with E-state index in [4.69, 9.17) is 10.8 Å². The third kappa shape index (κ3) is 4.60. The standard InChI is InChI=1S/C11H21N3O4/c1-5-11(2,3)13(4)10(18)14(6-8(12)15)7-9(16)17/h5-7H2,1-4H3,(H2,12,15)(H,16,17). The van der Waals surface area contributed by atoms with Gasteiger partial charge in [0.25, 0.3) is 0 Å². The summed E-state index contributed by atoms with van der Waals surface area (Å²) in [6.45, 7) is 4.67. The van der Waals surface area contributed by atoms with Crippen molar-refractivity contribution in [3.8, 4) is 0 Å². The second kappa shape index (κ2) is 6.23. The van der Waals surface area contributed by atoms with Crippen LogP contribution in [0.2, 0.25) is 0 Å². The zero-order valence-corrected chi connectivity index (χ0v) is 11.3. The molecule has 0 saturated heterocycles. The van der Waals surface area contributed by atoms with Gasteiger partial charge in [-0.2, -0.15) is 0 Å². The van der Waals surface area contributed by atoms with Crippen LogP contribution in [0.5, 0.6) is 0 Å². The second-order valence-electron chi connectivity index (χ2n) is 4.72. The molecule has 3 amide bonds. The van der Waals surface area contributed by atoms with Gasteiger partial charge in [0.2, 0.25) is 5.91 Å². The van der Waals surface area contributed by atoms with Crippen molar-refractivity contribution in [3.05, 3.63) is 0 Å². The molecule has 0 rings (SSSR count). The Kier molecular flexibility index (Phi) is 5.61. The third-order valence-corrected chi connectivity index (χ3v) is 3.00. The van der Waals surface area contributed by atoms with Gasteiger partial charge in [-0.1, -0.05) is 6.92 Å². The first-order valence-corrected chi connectivity index (χ1v) is 5.64. The maximum absolute atomic E-state index is 12.1. The molecule has 0 radical (unpaired) electrons. The highest BCUT2D eigenvalue weighted by molar-refractivity contribution is 5.86. The second-order valence-corrected chi connectivity index (χ2v) is 4.72. The van der Waals surface area contributed by atoms with Crippen LogP contribution in [-0.4, -0.2) is 58.5 Å². The van der Waals surface area contributed by atoms with Gasteiger partial charge in [0.05, 0.1) is 0 Å². The molecule has 0 fully saturated rings. The highest BCUT2D eigenvalue weighted by atomic mass is 16.4. The van der Waals surface area contributed by atoms with Crippen LogP contribution in [0.3, 0.4) is 0 Å². The number of carboxylic acid groups (broad SMARTS) is 1. The Bertz CT molecular complexity index is 325. The smallest absolute Gasteiger partial charge is 0.323 e. The number of rotatable bonds is 6. The van der Waals surface area contributed by atoms with Crippen LogP contribution in [0.25, 0.3) is 0 Å². The molecule has 0 aliphatic rings. The van der Waals surface area contributed by atoms with E-state index in [1.54, 1.807) is 7.05 Å². The summed E-state index contributed by atoms with van der Waals surface area (Å²) in [5, 5.41) is 8.72. The van der Waals surface area contributed by atoms with Crippen LogP contribution >= 0.6 is 0 Å². The number of primary amides is 1. The lowest BCUT2D eigenvalue weighted by molar-refractivity contribution is -0.138. The highest BCUT2D eigenvalue weighted by Gasteiger charge is 2.30. The fourth-order valence-electron chi connectivity index (χ4n) is 1.25. The van der Waals surface area contributed by atoms with E-state index in [0.717, 1.165) is 4.90 Å². The van der Waals surface area contributed by atoms with Crippen molar-refractivity contribution >= 4 is 17.9 Å². The summed E-state index contributed by atoms with van der Waals surface area (Å²) in [5.74, 6) is -1.93. The number of aliphatic carboxylic acids is 1. The fourth-order valence-corrected chi connectivity index (χ4v) is 1.25. The van der Waals surface area contributed by atoms with Gasteiger partial charge >= 0.3 is 12.0 Å². The van der Waals surface area contributed by atoms with Crippen LogP contribution in [0.1, 0.15) is 27.2 Å². The summed E-state index contributed by atoms with van der Waals surface area (Å²) in [7, 11) is 1.57. The molecular formula is C11H21N3O4. The molecule has 0 aliphatic carbocycles. The molecule has 0 bridgehead atoms. The Balaban J connectivity index is 4.94. The zero-order chi connectivity index (χ0) is 14.5. The molecule has 0 spiro atoms. The van der Waals surface area contributed by atoms with Gasteiger partial charge in [-0.3, -0.25) is 9.59 Å². The SMILES string of the molecule is CCC(C)(C)N(C)C(=O)N(CC(N)=O)CC(=O)O. The van der Waals surface area contributed by atoms with Gasteiger partial charge in [-0.15, -0.1) is 0 Å². The van der Waals surface area contributed by atoms with Crippen molar-refractivity contribution in [2.45, 2.75) is 32.7 Å². The Hall–Kier alpha value is -1.79. The third-order valence-electron chi connectivity index (χ3n) is 3.00. The molecule has 7 heteroatoms. The first-order valence-electron chi connectivity index (χ1n) is 5.64. The van der Waals surface area contributed by atoms with Gasteiger partial charge < -0.3 is 20.6 Å². The maximum atomic E-state index is 12.1. The fraction of sp³-hybridized carbons (Fsp3) is 0.727. The van der Waals surface area contributed by atoms with Crippen LogP contribution in [0.4, 0.5) is 4.79 Å². The van der Waals surface area contributed by atoms with Crippen LogP contribution in [0, 0.1) is 0 Å². The number of hydrogen-bond acceptors (Lipinski definition) is 3. The van der Waals surface area contributed by atoms with E-state index in [-0.39, 0.29) is 0 Å². The van der Waals surface area contributed by atoms with E-state index >= 15 is 0 Å². The monoisotopic (exact) mass is 259 g/mol. The van der Waals surface area contributed by atoms with Crippen LogP contribution in [-0.2, 0) is 9.59 Å². The van der Waals surface area contributed by atoms with Crippen molar-refractivity contribution in [3.63, 3.8) is 0 Å². The summed E-state index contributed by atoms with van der Waals surface area (Å²) < 4.78 is 0. The summed E-state index contributed by atoms with van der Waals surface area (Å²) in [6.07, 6.45) is 0.701. The van der Waals surface area contributed by atoms with E-state index in [0.29, 0.717) is 6.42 Å². The van der Waals surface area contributed by atoms with Crippen molar-refractivity contribution in [1.82, 2.24) is 9.80 Å². The molecule has 0 atom stereocenters. The lowest BCUT2D eigenvalue weighted by atomic mass is 10.0. The molecule has 0 aliphatic heterocycles. The molecule has 18 heavy (non-hydrogen) atoms. The Labute approximate surface area is 107 Å². The first-order chi connectivity index (χ1) is 8.11. The van der Waals surface area contributed by atoms with E-state index in [9.17, 15) is 14.4 Å². The minimum atomic E-state index is -1.19. The molecule has 0 saturated carbocycles. The average molecular weight is 259 g/mol. The first kappa shape index (κ1) is 16.2. The van der Waals surface area contributed by atoms with E-state index < -0.39 is 36.5 Å². The average Bonchev–Trinajstić information content (AvgIpc) is 2.24. The predicted molar refractivity (Wildman–Crippen MR) is 65.9 cm³/mol. The minimum absolute atomic E-state index is 0.407. The van der Waals surface area contributed by atoms with Crippen molar-refractivity contribution in [1.29, 1.82) is 0 Å². The van der Waals surface area contributed by atoms with E-state index in [1.165, 1.54) is 4.90 Å². The van der Waals surface area contributed by atoms with Crippen molar-refractivity contribution < 1.29 is 19.5 Å². The molecule has 0 aromatic heterocycles. The van der Waals surface area contributed by atoms with Gasteiger partial charge in [0, 0.05) is 12.6 Å². The number of carboxylic acids is 1. The van der Waals surface area contributed by atoms with Crippen molar-refractivity contribution in [2.24, 2.45) is 5.73 Å². The minimum Gasteiger partial charge on any atom is -0.480 e.